The summed E-state index contributed by atoms with van der Waals surface area (Å²) in [7, 11) is 0. The number of amides is 2. The number of hydrogen-bond acceptors (Lipinski definition) is 6. The lowest BCUT2D eigenvalue weighted by Gasteiger charge is -2.14. The molecule has 0 bridgehead atoms. The van der Waals surface area contributed by atoms with E-state index in [9.17, 15) is 19.2 Å². The van der Waals surface area contributed by atoms with Gasteiger partial charge in [-0.3, -0.25) is 9.59 Å². The maximum Gasteiger partial charge on any atom is 0.338 e. The maximum absolute atomic E-state index is 13.0. The number of unbranched alkanes of at least 4 members (excludes halogenated alkanes) is 18. The van der Waals surface area contributed by atoms with E-state index in [0.29, 0.717) is 13.2 Å². The molecule has 2 rings (SSSR count). The molecule has 0 spiro atoms. The molecule has 0 radical (unpaired) electrons. The molecule has 0 aliphatic rings. The quantitative estimate of drug-likeness (QED) is 0.0382. The third kappa shape index (κ3) is 18.9. The second-order valence-electron chi connectivity index (χ2n) is 13.4. The Hall–Kier alpha value is -2.62. The lowest BCUT2D eigenvalue weighted by atomic mass is 10.1. The van der Waals surface area contributed by atoms with Gasteiger partial charge in [-0.15, -0.1) is 0 Å². The minimum atomic E-state index is -1.35. The third-order valence-corrected chi connectivity index (χ3v) is 10.3. The van der Waals surface area contributed by atoms with Crippen molar-refractivity contribution in [2.75, 3.05) is 23.8 Å². The molecule has 0 aliphatic heterocycles. The molecule has 11 heteroatoms. The number of hydrogen-bond donors (Lipinski definition) is 2. The van der Waals surface area contributed by atoms with E-state index in [2.05, 4.69) is 40.4 Å². The summed E-state index contributed by atoms with van der Waals surface area (Å²) in [4.78, 5) is 50.0. The zero-order valence-electron chi connectivity index (χ0n) is 31.2. The number of esters is 2. The van der Waals surface area contributed by atoms with E-state index in [-0.39, 0.29) is 32.5 Å². The molecule has 2 aromatic rings. The first-order valence-electron chi connectivity index (χ1n) is 19.4. The Morgan fingerprint density at radius 1 is 0.538 bits per heavy atom. The Kier molecular flexibility index (Phi) is 24.4. The number of carbonyl (C=O) groups excluding carboxylic acids is 4. The first-order chi connectivity index (χ1) is 25.2. The molecule has 0 unspecified atom stereocenters. The van der Waals surface area contributed by atoms with Gasteiger partial charge in [-0.25, -0.2) is 9.59 Å². The number of carbonyl (C=O) groups is 4. The normalized spacial score (nSPS) is 11.0. The molecule has 0 saturated carbocycles. The summed E-state index contributed by atoms with van der Waals surface area (Å²) in [5, 5.41) is 5.55. The number of anilines is 2. The van der Waals surface area contributed by atoms with E-state index in [4.69, 9.17) is 32.7 Å². The number of alkyl halides is 1. The second-order valence-corrected chi connectivity index (χ2v) is 15.1. The highest BCUT2D eigenvalue weighted by Crippen LogP contribution is 2.27. The van der Waals surface area contributed by atoms with Crippen LogP contribution >= 0.6 is 39.1 Å². The van der Waals surface area contributed by atoms with Gasteiger partial charge in [0.05, 0.1) is 45.8 Å². The van der Waals surface area contributed by atoms with E-state index in [1.54, 1.807) is 0 Å². The van der Waals surface area contributed by atoms with Gasteiger partial charge in [-0.2, -0.15) is 0 Å². The van der Waals surface area contributed by atoms with Crippen molar-refractivity contribution in [1.82, 2.24) is 0 Å². The molecular weight excluding hydrogens is 767 g/mol. The Bertz CT molecular complexity index is 1270. The standard InChI is InChI=1S/C41H59BrCl2N2O6/c1-3-5-7-9-11-13-15-17-19-21-27-51-40(49)31-23-25-33(43)35(29-31)45-38(47)37(42)39(48)46-36-30-32(24-26-34(36)44)41(50)52-28-22-20-18-16-14-12-10-8-6-4-2/h23-26,29-30,37H,3-22,27-28H2,1-2H3,(H,45,47)(H,46,48). The summed E-state index contributed by atoms with van der Waals surface area (Å²) in [6.45, 7) is 5.06. The monoisotopic (exact) mass is 824 g/mol. The van der Waals surface area contributed by atoms with E-state index in [1.165, 1.54) is 126 Å². The first kappa shape index (κ1) is 45.5. The number of rotatable bonds is 28. The van der Waals surface area contributed by atoms with Crippen molar-refractivity contribution in [2.45, 2.75) is 147 Å². The Morgan fingerprint density at radius 3 is 1.17 bits per heavy atom. The summed E-state index contributed by atoms with van der Waals surface area (Å²) >= 11 is 15.7. The van der Waals surface area contributed by atoms with E-state index < -0.39 is 28.6 Å². The van der Waals surface area contributed by atoms with Gasteiger partial charge in [0.2, 0.25) is 11.8 Å². The zero-order valence-corrected chi connectivity index (χ0v) is 34.3. The molecular formula is C41H59BrCl2N2O6. The Balaban J connectivity index is 1.77. The fourth-order valence-electron chi connectivity index (χ4n) is 5.68. The van der Waals surface area contributed by atoms with Crippen molar-refractivity contribution in [3.05, 3.63) is 57.6 Å². The summed E-state index contributed by atoms with van der Waals surface area (Å²) in [6.07, 6.45) is 23.6. The number of nitrogens with one attached hydrogen (secondary N) is 2. The van der Waals surface area contributed by atoms with Crippen LogP contribution in [-0.2, 0) is 19.1 Å². The number of benzene rings is 2. The molecule has 0 heterocycles. The van der Waals surface area contributed by atoms with E-state index >= 15 is 0 Å². The van der Waals surface area contributed by atoms with Crippen molar-refractivity contribution in [2.24, 2.45) is 0 Å². The van der Waals surface area contributed by atoms with Crippen LogP contribution in [0.5, 0.6) is 0 Å². The van der Waals surface area contributed by atoms with Gasteiger partial charge >= 0.3 is 11.9 Å². The number of ether oxygens (including phenoxy) is 2. The zero-order chi connectivity index (χ0) is 38.0. The van der Waals surface area contributed by atoms with Crippen LogP contribution in [0.4, 0.5) is 11.4 Å². The van der Waals surface area contributed by atoms with Crippen LogP contribution in [0.3, 0.4) is 0 Å². The highest BCUT2D eigenvalue weighted by atomic mass is 79.9. The molecule has 0 fully saturated rings. The predicted molar refractivity (Wildman–Crippen MR) is 217 cm³/mol. The van der Waals surface area contributed by atoms with Crippen LogP contribution in [0.25, 0.3) is 0 Å². The lowest BCUT2D eigenvalue weighted by Crippen LogP contribution is -2.34. The summed E-state index contributed by atoms with van der Waals surface area (Å²) in [5.74, 6) is -2.49. The molecule has 0 aromatic heterocycles. The van der Waals surface area contributed by atoms with Crippen molar-refractivity contribution in [3.8, 4) is 0 Å². The van der Waals surface area contributed by atoms with Crippen molar-refractivity contribution >= 4 is 74.3 Å². The minimum Gasteiger partial charge on any atom is -0.462 e. The van der Waals surface area contributed by atoms with Crippen LogP contribution in [0.1, 0.15) is 163 Å². The van der Waals surface area contributed by atoms with Crippen molar-refractivity contribution < 1.29 is 28.7 Å². The van der Waals surface area contributed by atoms with Gasteiger partial charge in [0, 0.05) is 0 Å². The van der Waals surface area contributed by atoms with E-state index in [0.717, 1.165) is 38.5 Å². The summed E-state index contributed by atoms with van der Waals surface area (Å²) in [6, 6.07) is 8.85. The maximum atomic E-state index is 13.0. The SMILES string of the molecule is CCCCCCCCCCCCOC(=O)c1ccc(Cl)c(NC(=O)C(Br)C(=O)Nc2cc(C(=O)OCCCCCCCCCCCC)ccc2Cl)c1. The summed E-state index contributed by atoms with van der Waals surface area (Å²) < 4.78 is 10.9. The van der Waals surface area contributed by atoms with Crippen LogP contribution < -0.4 is 10.6 Å². The molecule has 0 atom stereocenters. The van der Waals surface area contributed by atoms with Gasteiger partial charge in [0.1, 0.15) is 0 Å². The molecule has 2 amide bonds. The van der Waals surface area contributed by atoms with Crippen LogP contribution in [0.2, 0.25) is 10.0 Å². The average molecular weight is 827 g/mol. The minimum absolute atomic E-state index is 0.155. The Morgan fingerprint density at radius 2 is 0.846 bits per heavy atom. The first-order valence-corrected chi connectivity index (χ1v) is 21.0. The van der Waals surface area contributed by atoms with Crippen LogP contribution in [0, 0.1) is 0 Å². The third-order valence-electron chi connectivity index (χ3n) is 8.84. The van der Waals surface area contributed by atoms with Gasteiger partial charge < -0.3 is 20.1 Å². The van der Waals surface area contributed by atoms with Gasteiger partial charge in [-0.05, 0) is 49.2 Å². The highest BCUT2D eigenvalue weighted by molar-refractivity contribution is 9.10. The summed E-state index contributed by atoms with van der Waals surface area (Å²) in [5.41, 5.74) is 0.766. The molecule has 52 heavy (non-hydrogen) atoms. The highest BCUT2D eigenvalue weighted by Gasteiger charge is 2.26. The smallest absolute Gasteiger partial charge is 0.338 e. The predicted octanol–water partition coefficient (Wildman–Crippen LogP) is 12.5. The molecule has 290 valence electrons. The molecule has 8 nitrogen and oxygen atoms in total. The molecule has 0 aliphatic carbocycles. The van der Waals surface area contributed by atoms with Crippen LogP contribution in [-0.4, -0.2) is 41.8 Å². The van der Waals surface area contributed by atoms with Crippen molar-refractivity contribution in [1.29, 1.82) is 0 Å². The molecule has 2 aromatic carbocycles. The van der Waals surface area contributed by atoms with Gasteiger partial charge in [0.15, 0.2) is 4.83 Å². The largest absolute Gasteiger partial charge is 0.462 e. The van der Waals surface area contributed by atoms with Crippen LogP contribution in [0.15, 0.2) is 36.4 Å². The van der Waals surface area contributed by atoms with Crippen molar-refractivity contribution in [3.63, 3.8) is 0 Å². The van der Waals surface area contributed by atoms with E-state index in [1.807, 2.05) is 0 Å². The Labute approximate surface area is 330 Å². The van der Waals surface area contributed by atoms with Gasteiger partial charge in [-0.1, -0.05) is 169 Å². The fourth-order valence-corrected chi connectivity index (χ4v) is 6.24. The van der Waals surface area contributed by atoms with Gasteiger partial charge in [0.25, 0.3) is 0 Å². The topological polar surface area (TPSA) is 111 Å². The molecule has 0 saturated heterocycles. The fraction of sp³-hybridized carbons (Fsp3) is 0.610. The lowest BCUT2D eigenvalue weighted by molar-refractivity contribution is -0.122. The second kappa shape index (κ2) is 27.9. The number of halogens is 3. The average Bonchev–Trinajstić information content (AvgIpc) is 3.14. The molecule has 2 N–H and O–H groups in total.